The van der Waals surface area contributed by atoms with E-state index in [2.05, 4.69) is 9.97 Å². The van der Waals surface area contributed by atoms with E-state index in [-0.39, 0.29) is 0 Å². The molecule has 0 atom stereocenters. The quantitative estimate of drug-likeness (QED) is 0.850. The van der Waals surface area contributed by atoms with E-state index >= 15 is 0 Å². The predicted molar refractivity (Wildman–Crippen MR) is 68.7 cm³/mol. The fourth-order valence-corrected chi connectivity index (χ4v) is 1.78. The minimum atomic E-state index is -0.988. The molecule has 0 unspecified atom stereocenters. The summed E-state index contributed by atoms with van der Waals surface area (Å²) in [7, 11) is 0. The summed E-state index contributed by atoms with van der Waals surface area (Å²) in [5.74, 6) is 0.371. The lowest BCUT2D eigenvalue weighted by Gasteiger charge is -2.15. The maximum atomic E-state index is 11.1. The molecular formula is C13H15N3O2. The summed E-state index contributed by atoms with van der Waals surface area (Å²) in [4.78, 5) is 19.1. The number of amides is 1. The number of aryl methyl sites for hydroxylation is 1. The smallest absolute Gasteiger partial charge is 0.414 e. The summed E-state index contributed by atoms with van der Waals surface area (Å²) in [6.45, 7) is 0.428. The molecule has 5 heteroatoms. The van der Waals surface area contributed by atoms with Crippen molar-refractivity contribution in [3.8, 4) is 0 Å². The third-order valence-electron chi connectivity index (χ3n) is 2.66. The van der Waals surface area contributed by atoms with E-state index in [1.807, 2.05) is 30.3 Å². The molecular weight excluding hydrogens is 230 g/mol. The first kappa shape index (κ1) is 12.2. The van der Waals surface area contributed by atoms with E-state index in [0.29, 0.717) is 12.5 Å². The van der Waals surface area contributed by atoms with Gasteiger partial charge in [-0.2, -0.15) is 0 Å². The number of hydrogen-bond donors (Lipinski definition) is 2. The van der Waals surface area contributed by atoms with E-state index in [1.165, 1.54) is 10.5 Å². The van der Waals surface area contributed by atoms with Crippen molar-refractivity contribution < 1.29 is 9.90 Å². The third kappa shape index (κ3) is 3.10. The highest BCUT2D eigenvalue weighted by molar-refractivity contribution is 5.83. The predicted octanol–water partition coefficient (Wildman–Crippen LogP) is 2.53. The van der Waals surface area contributed by atoms with Crippen LogP contribution in [0.4, 0.5) is 10.7 Å². The van der Waals surface area contributed by atoms with Crippen molar-refractivity contribution in [2.75, 3.05) is 11.4 Å². The van der Waals surface area contributed by atoms with Crippen molar-refractivity contribution in [2.45, 2.75) is 12.8 Å². The number of nitrogens with one attached hydrogen (secondary N) is 1. The molecule has 0 saturated heterocycles. The van der Waals surface area contributed by atoms with Crippen molar-refractivity contribution >= 4 is 12.0 Å². The Labute approximate surface area is 105 Å². The second-order valence-electron chi connectivity index (χ2n) is 3.94. The maximum Gasteiger partial charge on any atom is 0.414 e. The first-order valence-electron chi connectivity index (χ1n) is 5.81. The number of carboxylic acid groups (broad SMARTS) is 1. The minimum Gasteiger partial charge on any atom is -0.465 e. The lowest BCUT2D eigenvalue weighted by Crippen LogP contribution is -2.31. The van der Waals surface area contributed by atoms with Gasteiger partial charge in [-0.1, -0.05) is 30.3 Å². The van der Waals surface area contributed by atoms with E-state index in [9.17, 15) is 4.79 Å². The van der Waals surface area contributed by atoms with Gasteiger partial charge in [-0.25, -0.2) is 14.7 Å². The van der Waals surface area contributed by atoms with Crippen molar-refractivity contribution in [1.82, 2.24) is 9.97 Å². The molecule has 0 spiro atoms. The van der Waals surface area contributed by atoms with Crippen LogP contribution in [0.3, 0.4) is 0 Å². The Morgan fingerprint density at radius 1 is 1.33 bits per heavy atom. The largest absolute Gasteiger partial charge is 0.465 e. The summed E-state index contributed by atoms with van der Waals surface area (Å²) in [6.07, 6.45) is 3.78. The maximum absolute atomic E-state index is 11.1. The van der Waals surface area contributed by atoms with Crippen LogP contribution < -0.4 is 4.90 Å². The van der Waals surface area contributed by atoms with Gasteiger partial charge >= 0.3 is 6.09 Å². The molecule has 0 bridgehead atoms. The Morgan fingerprint density at radius 2 is 2.11 bits per heavy atom. The number of benzene rings is 1. The van der Waals surface area contributed by atoms with Crippen molar-refractivity contribution in [2.24, 2.45) is 0 Å². The van der Waals surface area contributed by atoms with Gasteiger partial charge in [0.25, 0.3) is 0 Å². The number of nitrogens with zero attached hydrogens (tertiary/aromatic N) is 2. The summed E-state index contributed by atoms with van der Waals surface area (Å²) >= 11 is 0. The number of aromatic amines is 1. The Hall–Kier alpha value is -2.30. The van der Waals surface area contributed by atoms with E-state index in [0.717, 1.165) is 12.8 Å². The molecule has 0 fully saturated rings. The number of hydrogen-bond acceptors (Lipinski definition) is 2. The average Bonchev–Trinajstić information content (AvgIpc) is 2.89. The molecule has 2 rings (SSSR count). The van der Waals surface area contributed by atoms with Crippen molar-refractivity contribution in [3.63, 3.8) is 0 Å². The second-order valence-corrected chi connectivity index (χ2v) is 3.94. The normalized spacial score (nSPS) is 10.2. The van der Waals surface area contributed by atoms with Gasteiger partial charge < -0.3 is 10.1 Å². The summed E-state index contributed by atoms with van der Waals surface area (Å²) in [5.41, 5.74) is 1.21. The average molecular weight is 245 g/mol. The van der Waals surface area contributed by atoms with Crippen LogP contribution in [0.15, 0.2) is 42.7 Å². The molecule has 0 aliphatic rings. The fourth-order valence-electron chi connectivity index (χ4n) is 1.78. The number of anilines is 1. The highest BCUT2D eigenvalue weighted by Gasteiger charge is 2.15. The summed E-state index contributed by atoms with van der Waals surface area (Å²) < 4.78 is 0. The van der Waals surface area contributed by atoms with Crippen LogP contribution >= 0.6 is 0 Å². The van der Waals surface area contributed by atoms with Gasteiger partial charge in [0, 0.05) is 18.9 Å². The molecule has 0 saturated carbocycles. The molecule has 5 nitrogen and oxygen atoms in total. The van der Waals surface area contributed by atoms with Gasteiger partial charge in [-0.3, -0.25) is 0 Å². The SMILES string of the molecule is O=C(O)N(CCCc1ccccc1)c1ncc[nH]1. The number of aromatic nitrogens is 2. The molecule has 94 valence electrons. The van der Waals surface area contributed by atoms with Crippen LogP contribution in [0.2, 0.25) is 0 Å². The van der Waals surface area contributed by atoms with Crippen molar-refractivity contribution in [1.29, 1.82) is 0 Å². The zero-order valence-electron chi connectivity index (χ0n) is 9.91. The molecule has 2 N–H and O–H groups in total. The first-order chi connectivity index (χ1) is 8.77. The van der Waals surface area contributed by atoms with Crippen LogP contribution in [0.25, 0.3) is 0 Å². The monoisotopic (exact) mass is 245 g/mol. The van der Waals surface area contributed by atoms with Crippen LogP contribution in [0, 0.1) is 0 Å². The molecule has 1 aromatic heterocycles. The van der Waals surface area contributed by atoms with Gasteiger partial charge in [-0.05, 0) is 18.4 Å². The van der Waals surface area contributed by atoms with Crippen molar-refractivity contribution in [3.05, 3.63) is 48.3 Å². The number of H-pyrrole nitrogens is 1. The van der Waals surface area contributed by atoms with Gasteiger partial charge in [0.15, 0.2) is 0 Å². The minimum absolute atomic E-state index is 0.371. The second kappa shape index (κ2) is 5.86. The standard InChI is InChI=1S/C13H15N3O2/c17-13(18)16(12-14-8-9-15-12)10-4-7-11-5-2-1-3-6-11/h1-3,5-6,8-9H,4,7,10H2,(H,14,15)(H,17,18). The third-order valence-corrected chi connectivity index (χ3v) is 2.66. The van der Waals surface area contributed by atoms with Gasteiger partial charge in [0.1, 0.15) is 0 Å². The molecule has 2 aromatic rings. The summed E-state index contributed by atoms with van der Waals surface area (Å²) in [6, 6.07) is 10.0. The Kier molecular flexibility index (Phi) is 3.96. The topological polar surface area (TPSA) is 69.2 Å². The highest BCUT2D eigenvalue weighted by Crippen LogP contribution is 2.09. The van der Waals surface area contributed by atoms with Crippen LogP contribution in [-0.2, 0) is 6.42 Å². The zero-order chi connectivity index (χ0) is 12.8. The van der Waals surface area contributed by atoms with Crippen LogP contribution in [0.1, 0.15) is 12.0 Å². The fraction of sp³-hybridized carbons (Fsp3) is 0.231. The lowest BCUT2D eigenvalue weighted by molar-refractivity contribution is 0.201. The first-order valence-corrected chi connectivity index (χ1v) is 5.81. The Balaban J connectivity index is 1.89. The van der Waals surface area contributed by atoms with E-state index in [1.54, 1.807) is 12.4 Å². The summed E-state index contributed by atoms with van der Waals surface area (Å²) in [5, 5.41) is 9.11. The number of carbonyl (C=O) groups is 1. The number of imidazole rings is 1. The molecule has 1 heterocycles. The molecule has 0 aliphatic carbocycles. The molecule has 18 heavy (non-hydrogen) atoms. The lowest BCUT2D eigenvalue weighted by atomic mass is 10.1. The Bertz CT molecular complexity index is 482. The van der Waals surface area contributed by atoms with Gasteiger partial charge in [0.05, 0.1) is 0 Å². The van der Waals surface area contributed by atoms with Crippen LogP contribution in [0.5, 0.6) is 0 Å². The highest BCUT2D eigenvalue weighted by atomic mass is 16.4. The molecule has 1 aromatic carbocycles. The van der Waals surface area contributed by atoms with E-state index in [4.69, 9.17) is 5.11 Å². The van der Waals surface area contributed by atoms with Gasteiger partial charge in [0.2, 0.25) is 5.95 Å². The molecule has 0 radical (unpaired) electrons. The van der Waals surface area contributed by atoms with Crippen LogP contribution in [-0.4, -0.2) is 27.7 Å². The zero-order valence-corrected chi connectivity index (χ0v) is 9.91. The van der Waals surface area contributed by atoms with Gasteiger partial charge in [-0.15, -0.1) is 0 Å². The molecule has 0 aliphatic heterocycles. The number of rotatable bonds is 5. The molecule has 1 amide bonds. The van der Waals surface area contributed by atoms with E-state index < -0.39 is 6.09 Å². The Morgan fingerprint density at radius 3 is 2.72 bits per heavy atom.